The van der Waals surface area contributed by atoms with Crippen LogP contribution in [0.2, 0.25) is 0 Å². The van der Waals surface area contributed by atoms with Gasteiger partial charge in [0.15, 0.2) is 5.50 Å². The number of nitrogens with zero attached hydrogens (tertiary/aromatic N) is 2. The number of fused-ring (bicyclic) bond motifs is 1. The van der Waals surface area contributed by atoms with Crippen molar-refractivity contribution in [3.8, 4) is 0 Å². The van der Waals surface area contributed by atoms with Crippen LogP contribution in [0, 0.1) is 12.8 Å². The summed E-state index contributed by atoms with van der Waals surface area (Å²) in [5, 5.41) is 4.82. The van der Waals surface area contributed by atoms with E-state index in [0.29, 0.717) is 5.92 Å². The molecule has 2 aromatic carbocycles. The van der Waals surface area contributed by atoms with Gasteiger partial charge in [-0.25, -0.2) is 0 Å². The minimum absolute atomic E-state index is 0.103. The number of nitrogens with one attached hydrogen (secondary N) is 1. The van der Waals surface area contributed by atoms with Crippen molar-refractivity contribution in [1.29, 1.82) is 0 Å². The molecular weight excluding hydrogens is 438 g/mol. The number of para-hydroxylation sites is 2. The molecule has 0 bridgehead atoms. The Balaban J connectivity index is 1.55. The minimum atomic E-state index is -0.103. The Bertz CT molecular complexity index is 1230. The normalized spacial score (nSPS) is 24.2. The fourth-order valence-corrected chi connectivity index (χ4v) is 6.70. The molecule has 176 valence electrons. The summed E-state index contributed by atoms with van der Waals surface area (Å²) in [6, 6.07) is 18.9. The lowest BCUT2D eigenvalue weighted by atomic mass is 9.85. The third kappa shape index (κ3) is 4.18. The number of benzene rings is 2. The molecule has 1 saturated carbocycles. The van der Waals surface area contributed by atoms with E-state index in [2.05, 4.69) is 77.7 Å². The Morgan fingerprint density at radius 3 is 2.59 bits per heavy atom. The summed E-state index contributed by atoms with van der Waals surface area (Å²) < 4.78 is 2.28. The second-order valence-corrected chi connectivity index (χ2v) is 10.6. The number of thioether (sulfide) groups is 1. The highest BCUT2D eigenvalue weighted by atomic mass is 32.2. The summed E-state index contributed by atoms with van der Waals surface area (Å²) >= 11 is 1.65. The lowest BCUT2D eigenvalue weighted by molar-refractivity contribution is -0.129. The van der Waals surface area contributed by atoms with Crippen molar-refractivity contribution in [2.45, 2.75) is 57.6 Å². The van der Waals surface area contributed by atoms with E-state index in [1.54, 1.807) is 11.8 Å². The Kier molecular flexibility index (Phi) is 6.55. The molecule has 1 aliphatic carbocycles. The fourth-order valence-electron chi connectivity index (χ4n) is 5.50. The lowest BCUT2D eigenvalue weighted by Crippen LogP contribution is -2.48. The quantitative estimate of drug-likeness (QED) is 0.310. The standard InChI is InChI=1S/C29H33N3OS/c1-4-18-31-21(3)24(23-15-9-11-17-26(23)31)19-27-28(33)32(25-16-10-8-12-20(25)2)29(34-27)30-22-13-6-5-7-14-22/h4-7,9,11,13-15,17,19-20,25,29-30H,1,8,10,12,16,18H2,2-3H3/b27-19-/t20-,25+,29?/m0/s1. The maximum absolute atomic E-state index is 13.9. The highest BCUT2D eigenvalue weighted by Gasteiger charge is 2.43. The van der Waals surface area contributed by atoms with E-state index in [-0.39, 0.29) is 17.4 Å². The molecule has 2 fully saturated rings. The van der Waals surface area contributed by atoms with Crippen LogP contribution >= 0.6 is 11.8 Å². The number of hydrogen-bond acceptors (Lipinski definition) is 3. The third-order valence-corrected chi connectivity index (χ3v) is 8.41. The first-order valence-electron chi connectivity index (χ1n) is 12.3. The van der Waals surface area contributed by atoms with Crippen LogP contribution in [0.5, 0.6) is 0 Å². The van der Waals surface area contributed by atoms with E-state index >= 15 is 0 Å². The molecule has 2 aliphatic rings. The van der Waals surface area contributed by atoms with Gasteiger partial charge < -0.3 is 14.8 Å². The summed E-state index contributed by atoms with van der Waals surface area (Å²) in [6.45, 7) is 9.13. The monoisotopic (exact) mass is 471 g/mol. The molecule has 4 nitrogen and oxygen atoms in total. The smallest absolute Gasteiger partial charge is 0.262 e. The van der Waals surface area contributed by atoms with E-state index < -0.39 is 0 Å². The molecule has 0 radical (unpaired) electrons. The number of anilines is 1. The van der Waals surface area contributed by atoms with Crippen LogP contribution in [0.15, 0.2) is 72.2 Å². The molecular formula is C29H33N3OS. The molecule has 5 heteroatoms. The number of allylic oxidation sites excluding steroid dienone is 1. The first-order chi connectivity index (χ1) is 16.6. The second kappa shape index (κ2) is 9.75. The summed E-state index contributed by atoms with van der Waals surface area (Å²) in [4.78, 5) is 16.9. The summed E-state index contributed by atoms with van der Waals surface area (Å²) in [6.07, 6.45) is 8.76. The van der Waals surface area contributed by atoms with Crippen LogP contribution < -0.4 is 5.32 Å². The third-order valence-electron chi connectivity index (χ3n) is 7.29. The molecule has 2 heterocycles. The summed E-state index contributed by atoms with van der Waals surface area (Å²) in [5.41, 5.74) is 4.41. The van der Waals surface area contributed by atoms with Crippen molar-refractivity contribution in [3.63, 3.8) is 0 Å². The minimum Gasteiger partial charge on any atom is -0.356 e. The SMILES string of the molecule is C=CCn1c(C)c(/C=C2\SC(Nc3ccccc3)N([C@@H]3CCCC[C@@H]3C)C2=O)c2ccccc21. The maximum Gasteiger partial charge on any atom is 0.262 e. The number of rotatable bonds is 6. The number of carbonyl (C=O) groups excluding carboxylic acids is 1. The second-order valence-electron chi connectivity index (χ2n) is 9.45. The molecule has 0 spiro atoms. The Morgan fingerprint density at radius 1 is 1.09 bits per heavy atom. The zero-order valence-corrected chi connectivity index (χ0v) is 20.9. The van der Waals surface area contributed by atoms with Crippen LogP contribution in [0.3, 0.4) is 0 Å². The van der Waals surface area contributed by atoms with Gasteiger partial charge in [-0.15, -0.1) is 6.58 Å². The Morgan fingerprint density at radius 2 is 1.82 bits per heavy atom. The topological polar surface area (TPSA) is 37.3 Å². The van der Waals surface area contributed by atoms with Crippen molar-refractivity contribution in [3.05, 3.63) is 83.4 Å². The van der Waals surface area contributed by atoms with Crippen LogP contribution in [0.1, 0.15) is 43.9 Å². The molecule has 1 aromatic heterocycles. The molecule has 1 amide bonds. The molecule has 5 rings (SSSR count). The van der Waals surface area contributed by atoms with Gasteiger partial charge >= 0.3 is 0 Å². The van der Waals surface area contributed by atoms with Crippen LogP contribution in [0.4, 0.5) is 5.69 Å². The number of carbonyl (C=O) groups is 1. The van der Waals surface area contributed by atoms with Gasteiger partial charge in [0, 0.05) is 40.4 Å². The van der Waals surface area contributed by atoms with Gasteiger partial charge in [-0.2, -0.15) is 0 Å². The highest BCUT2D eigenvalue weighted by Crippen LogP contribution is 2.43. The molecule has 34 heavy (non-hydrogen) atoms. The molecule has 1 unspecified atom stereocenters. The van der Waals surface area contributed by atoms with Gasteiger partial charge in [0.2, 0.25) is 0 Å². The zero-order chi connectivity index (χ0) is 23.7. The van der Waals surface area contributed by atoms with E-state index in [1.165, 1.54) is 35.9 Å². The van der Waals surface area contributed by atoms with Crippen molar-refractivity contribution >= 4 is 40.3 Å². The van der Waals surface area contributed by atoms with E-state index in [1.807, 2.05) is 24.3 Å². The summed E-state index contributed by atoms with van der Waals surface area (Å²) in [7, 11) is 0. The highest BCUT2D eigenvalue weighted by molar-refractivity contribution is 8.05. The van der Waals surface area contributed by atoms with Crippen molar-refractivity contribution in [2.75, 3.05) is 5.32 Å². The zero-order valence-electron chi connectivity index (χ0n) is 20.0. The predicted molar refractivity (Wildman–Crippen MR) is 145 cm³/mol. The van der Waals surface area contributed by atoms with Gasteiger partial charge in [0.05, 0.1) is 4.91 Å². The van der Waals surface area contributed by atoms with E-state index in [4.69, 9.17) is 0 Å². The lowest BCUT2D eigenvalue weighted by Gasteiger charge is -2.39. The van der Waals surface area contributed by atoms with Crippen molar-refractivity contribution < 1.29 is 4.79 Å². The molecule has 1 N–H and O–H groups in total. The largest absolute Gasteiger partial charge is 0.356 e. The predicted octanol–water partition coefficient (Wildman–Crippen LogP) is 7.03. The van der Waals surface area contributed by atoms with Crippen LogP contribution in [0.25, 0.3) is 17.0 Å². The van der Waals surface area contributed by atoms with Crippen LogP contribution in [-0.4, -0.2) is 26.9 Å². The van der Waals surface area contributed by atoms with Gasteiger partial charge in [0.25, 0.3) is 5.91 Å². The number of amides is 1. The fraction of sp³-hybridized carbons (Fsp3) is 0.345. The summed E-state index contributed by atoms with van der Waals surface area (Å²) in [5.74, 6) is 0.658. The van der Waals surface area contributed by atoms with Crippen molar-refractivity contribution in [2.24, 2.45) is 5.92 Å². The average Bonchev–Trinajstić information content (AvgIpc) is 3.29. The van der Waals surface area contributed by atoms with Crippen molar-refractivity contribution in [1.82, 2.24) is 9.47 Å². The number of aromatic nitrogens is 1. The number of hydrogen-bond donors (Lipinski definition) is 1. The van der Waals surface area contributed by atoms with Crippen LogP contribution in [-0.2, 0) is 11.3 Å². The molecule has 1 aliphatic heterocycles. The maximum atomic E-state index is 13.9. The first-order valence-corrected chi connectivity index (χ1v) is 13.2. The average molecular weight is 472 g/mol. The van der Waals surface area contributed by atoms with E-state index in [0.717, 1.165) is 29.1 Å². The van der Waals surface area contributed by atoms with Gasteiger partial charge in [0.1, 0.15) is 0 Å². The molecule has 3 aromatic rings. The first kappa shape index (κ1) is 22.9. The van der Waals surface area contributed by atoms with Gasteiger partial charge in [-0.3, -0.25) is 4.79 Å². The Hall–Kier alpha value is -2.92. The van der Waals surface area contributed by atoms with Gasteiger partial charge in [-0.05, 0) is 50.0 Å². The van der Waals surface area contributed by atoms with E-state index in [9.17, 15) is 4.79 Å². The van der Waals surface area contributed by atoms with Gasteiger partial charge in [-0.1, -0.05) is 74.0 Å². The molecule has 1 saturated heterocycles. The molecule has 3 atom stereocenters. The Labute approximate surface area is 206 Å².